The summed E-state index contributed by atoms with van der Waals surface area (Å²) in [4.78, 5) is 23.7. The van der Waals surface area contributed by atoms with Crippen LogP contribution in [-0.2, 0) is 9.59 Å². The molecule has 1 aliphatic carbocycles. The van der Waals surface area contributed by atoms with E-state index in [1.165, 1.54) is 4.90 Å². The Kier molecular flexibility index (Phi) is 4.73. The Bertz CT molecular complexity index is 266. The molecule has 0 aromatic heterocycles. The second-order valence-electron chi connectivity index (χ2n) is 4.57. The van der Waals surface area contributed by atoms with Crippen LogP contribution in [0.25, 0.3) is 0 Å². The Labute approximate surface area is 95.8 Å². The number of hydrogen-bond acceptors (Lipinski definition) is 3. The van der Waals surface area contributed by atoms with Crippen molar-refractivity contribution >= 4 is 11.9 Å². The van der Waals surface area contributed by atoms with E-state index < -0.39 is 5.97 Å². The number of carboxylic acid groups (broad SMARTS) is 1. The maximum atomic E-state index is 11.3. The maximum absolute atomic E-state index is 11.3. The molecule has 1 rings (SSSR count). The number of hydrogen-bond donors (Lipinski definition) is 2. The number of carbonyl (C=O) groups excluding carboxylic acids is 1. The van der Waals surface area contributed by atoms with Gasteiger partial charge in [0.05, 0.1) is 12.5 Å². The lowest BCUT2D eigenvalue weighted by Crippen LogP contribution is -2.41. The van der Waals surface area contributed by atoms with Gasteiger partial charge in [-0.1, -0.05) is 6.42 Å². The fourth-order valence-electron chi connectivity index (χ4n) is 1.99. The van der Waals surface area contributed by atoms with Crippen molar-refractivity contribution in [2.24, 2.45) is 5.92 Å². The topological polar surface area (TPSA) is 69.6 Å². The average molecular weight is 228 g/mol. The van der Waals surface area contributed by atoms with Gasteiger partial charge in [-0.3, -0.25) is 9.59 Å². The van der Waals surface area contributed by atoms with Crippen molar-refractivity contribution in [2.45, 2.75) is 31.7 Å². The largest absolute Gasteiger partial charge is 0.481 e. The summed E-state index contributed by atoms with van der Waals surface area (Å²) in [7, 11) is 3.43. The summed E-state index contributed by atoms with van der Waals surface area (Å²) < 4.78 is 0. The minimum Gasteiger partial charge on any atom is -0.481 e. The molecule has 0 heterocycles. The molecule has 1 amide bonds. The van der Waals surface area contributed by atoms with E-state index in [4.69, 9.17) is 5.11 Å². The molecule has 1 saturated carbocycles. The molecule has 0 bridgehead atoms. The molecule has 0 saturated heterocycles. The minimum atomic E-state index is -0.717. The lowest BCUT2D eigenvalue weighted by atomic mass is 9.86. The maximum Gasteiger partial charge on any atom is 0.306 e. The van der Waals surface area contributed by atoms with Crippen molar-refractivity contribution in [1.82, 2.24) is 10.2 Å². The van der Waals surface area contributed by atoms with Crippen molar-refractivity contribution in [2.75, 3.05) is 20.6 Å². The van der Waals surface area contributed by atoms with Gasteiger partial charge in [-0.05, 0) is 19.3 Å². The molecule has 92 valence electrons. The van der Waals surface area contributed by atoms with Gasteiger partial charge in [-0.25, -0.2) is 0 Å². The number of aliphatic carboxylic acids is 1. The van der Waals surface area contributed by atoms with Gasteiger partial charge in [0.25, 0.3) is 0 Å². The monoisotopic (exact) mass is 228 g/mol. The van der Waals surface area contributed by atoms with E-state index in [1.807, 2.05) is 0 Å². The third-order valence-corrected chi connectivity index (χ3v) is 3.06. The molecule has 0 spiro atoms. The van der Waals surface area contributed by atoms with Crippen LogP contribution < -0.4 is 5.32 Å². The van der Waals surface area contributed by atoms with E-state index >= 15 is 0 Å². The fraction of sp³-hybridized carbons (Fsp3) is 0.818. The number of nitrogens with zero attached hydrogens (tertiary/aromatic N) is 1. The average Bonchev–Trinajstić information content (AvgIpc) is 2.26. The quantitative estimate of drug-likeness (QED) is 0.726. The van der Waals surface area contributed by atoms with Crippen molar-refractivity contribution in [3.8, 4) is 0 Å². The molecule has 2 atom stereocenters. The highest BCUT2D eigenvalue weighted by molar-refractivity contribution is 5.77. The van der Waals surface area contributed by atoms with Crippen LogP contribution in [0, 0.1) is 5.92 Å². The Morgan fingerprint density at radius 3 is 2.62 bits per heavy atom. The molecule has 5 nitrogen and oxygen atoms in total. The first-order valence-electron chi connectivity index (χ1n) is 5.67. The Morgan fingerprint density at radius 2 is 2.06 bits per heavy atom. The summed E-state index contributed by atoms with van der Waals surface area (Å²) >= 11 is 0. The highest BCUT2D eigenvalue weighted by Gasteiger charge is 2.26. The zero-order chi connectivity index (χ0) is 12.1. The van der Waals surface area contributed by atoms with Crippen LogP contribution in [0.15, 0.2) is 0 Å². The molecule has 2 N–H and O–H groups in total. The molecule has 16 heavy (non-hydrogen) atoms. The van der Waals surface area contributed by atoms with E-state index in [9.17, 15) is 9.59 Å². The van der Waals surface area contributed by atoms with Crippen molar-refractivity contribution in [1.29, 1.82) is 0 Å². The van der Waals surface area contributed by atoms with Gasteiger partial charge in [0.2, 0.25) is 5.91 Å². The second-order valence-corrected chi connectivity index (χ2v) is 4.57. The van der Waals surface area contributed by atoms with E-state index in [2.05, 4.69) is 5.32 Å². The first-order chi connectivity index (χ1) is 7.50. The number of carboxylic acids is 1. The number of rotatable bonds is 4. The van der Waals surface area contributed by atoms with Crippen LogP contribution in [0.4, 0.5) is 0 Å². The zero-order valence-electron chi connectivity index (χ0n) is 9.90. The van der Waals surface area contributed by atoms with Gasteiger partial charge in [0.15, 0.2) is 0 Å². The first-order valence-corrected chi connectivity index (χ1v) is 5.67. The first kappa shape index (κ1) is 13.0. The van der Waals surface area contributed by atoms with E-state index in [1.54, 1.807) is 14.1 Å². The van der Waals surface area contributed by atoms with Crippen molar-refractivity contribution in [3.05, 3.63) is 0 Å². The Hall–Kier alpha value is -1.10. The van der Waals surface area contributed by atoms with Crippen LogP contribution in [0.3, 0.4) is 0 Å². The highest BCUT2D eigenvalue weighted by atomic mass is 16.4. The SMILES string of the molecule is CN(C)C(=O)CNC1CCCC(C(=O)O)C1. The van der Waals surface area contributed by atoms with E-state index in [0.29, 0.717) is 13.0 Å². The molecule has 0 aromatic rings. The standard InChI is InChI=1S/C11H20N2O3/c1-13(2)10(14)7-12-9-5-3-4-8(6-9)11(15)16/h8-9,12H,3-7H2,1-2H3,(H,15,16). The number of nitrogens with one attached hydrogen (secondary N) is 1. The number of likely N-dealkylation sites (N-methyl/N-ethyl adjacent to an activating group) is 1. The van der Waals surface area contributed by atoms with Crippen LogP contribution in [0.2, 0.25) is 0 Å². The predicted octanol–water partition coefficient (Wildman–Crippen LogP) is 0.308. The summed E-state index contributed by atoms with van der Waals surface area (Å²) in [5.41, 5.74) is 0. The molecular formula is C11H20N2O3. The minimum absolute atomic E-state index is 0.0254. The summed E-state index contributed by atoms with van der Waals surface area (Å²) in [5.74, 6) is -0.941. The van der Waals surface area contributed by atoms with Crippen molar-refractivity contribution < 1.29 is 14.7 Å². The summed E-state index contributed by atoms with van der Waals surface area (Å²) in [6, 6.07) is 0.166. The second kappa shape index (κ2) is 5.84. The lowest BCUT2D eigenvalue weighted by molar-refractivity contribution is -0.143. The molecule has 5 heteroatoms. The van der Waals surface area contributed by atoms with Gasteiger partial charge in [0.1, 0.15) is 0 Å². The van der Waals surface area contributed by atoms with Crippen LogP contribution >= 0.6 is 0 Å². The number of carbonyl (C=O) groups is 2. The van der Waals surface area contributed by atoms with Crippen LogP contribution in [0.5, 0.6) is 0 Å². The van der Waals surface area contributed by atoms with Crippen LogP contribution in [-0.4, -0.2) is 48.6 Å². The normalized spacial score (nSPS) is 25.1. The lowest BCUT2D eigenvalue weighted by Gasteiger charge is -2.27. The van der Waals surface area contributed by atoms with Crippen molar-refractivity contribution in [3.63, 3.8) is 0 Å². The third kappa shape index (κ3) is 3.81. The van der Waals surface area contributed by atoms with Gasteiger partial charge in [0, 0.05) is 20.1 Å². The molecule has 2 unspecified atom stereocenters. The van der Waals surface area contributed by atoms with Gasteiger partial charge in [-0.15, -0.1) is 0 Å². The highest BCUT2D eigenvalue weighted by Crippen LogP contribution is 2.24. The summed E-state index contributed by atoms with van der Waals surface area (Å²) in [6.07, 6.45) is 3.28. The van der Waals surface area contributed by atoms with E-state index in [0.717, 1.165) is 19.3 Å². The summed E-state index contributed by atoms with van der Waals surface area (Å²) in [6.45, 7) is 0.296. The fourth-order valence-corrected chi connectivity index (χ4v) is 1.99. The van der Waals surface area contributed by atoms with Gasteiger partial charge in [-0.2, -0.15) is 0 Å². The Balaban J connectivity index is 2.32. The van der Waals surface area contributed by atoms with Crippen LogP contribution in [0.1, 0.15) is 25.7 Å². The molecule has 0 aliphatic heterocycles. The zero-order valence-corrected chi connectivity index (χ0v) is 9.90. The van der Waals surface area contributed by atoms with E-state index in [-0.39, 0.29) is 17.9 Å². The molecule has 0 radical (unpaired) electrons. The molecule has 0 aromatic carbocycles. The third-order valence-electron chi connectivity index (χ3n) is 3.06. The molecule has 1 fully saturated rings. The van der Waals surface area contributed by atoms with Gasteiger partial charge >= 0.3 is 5.97 Å². The smallest absolute Gasteiger partial charge is 0.306 e. The molecular weight excluding hydrogens is 208 g/mol. The van der Waals surface area contributed by atoms with Gasteiger partial charge < -0.3 is 15.3 Å². The molecule has 1 aliphatic rings. The predicted molar refractivity (Wildman–Crippen MR) is 60.1 cm³/mol. The number of amides is 1. The Morgan fingerprint density at radius 1 is 1.38 bits per heavy atom. The summed E-state index contributed by atoms with van der Waals surface area (Å²) in [5, 5.41) is 12.1.